The van der Waals surface area contributed by atoms with Crippen molar-refractivity contribution in [3.05, 3.63) is 0 Å². The second-order valence-electron chi connectivity index (χ2n) is 2.29. The number of hydrogen-bond acceptors (Lipinski definition) is 4. The molecule has 0 saturated carbocycles. The summed E-state index contributed by atoms with van der Waals surface area (Å²) in [4.78, 5) is 11.1. The summed E-state index contributed by atoms with van der Waals surface area (Å²) in [6, 6.07) is 0. The lowest BCUT2D eigenvalue weighted by Gasteiger charge is -2.25. The molecule has 0 fully saturated rings. The second kappa shape index (κ2) is 5.45. The van der Waals surface area contributed by atoms with Gasteiger partial charge in [0, 0.05) is 0 Å². The number of ether oxygens (including phenoxy) is 1. The normalized spacial score (nSPS) is 16.5. The van der Waals surface area contributed by atoms with E-state index in [1.165, 1.54) is 0 Å². The Morgan fingerprint density at radius 3 is 2.69 bits per heavy atom. The van der Waals surface area contributed by atoms with E-state index in [0.717, 1.165) is 0 Å². The molecular formula is C7H10Br2N2O2. The van der Waals surface area contributed by atoms with Gasteiger partial charge in [-0.05, 0) is 29.8 Å². The van der Waals surface area contributed by atoms with E-state index in [4.69, 9.17) is 10.00 Å². The van der Waals surface area contributed by atoms with Crippen molar-refractivity contribution in [3.8, 4) is 6.19 Å². The number of esters is 1. The van der Waals surface area contributed by atoms with Crippen molar-refractivity contribution >= 4 is 37.8 Å². The summed E-state index contributed by atoms with van der Waals surface area (Å²) in [7, 11) is 0. The monoisotopic (exact) mass is 312 g/mol. The molecule has 74 valence electrons. The fourth-order valence-corrected chi connectivity index (χ4v) is 1.13. The topological polar surface area (TPSA) is 62.1 Å². The van der Waals surface area contributed by atoms with Gasteiger partial charge >= 0.3 is 5.97 Å². The van der Waals surface area contributed by atoms with Gasteiger partial charge in [-0.25, -0.2) is 4.79 Å². The maximum Gasteiger partial charge on any atom is 0.344 e. The lowest BCUT2D eigenvalue weighted by Crippen LogP contribution is -2.51. The van der Waals surface area contributed by atoms with E-state index < -0.39 is 10.4 Å². The first-order chi connectivity index (χ1) is 5.99. The minimum Gasteiger partial charge on any atom is -0.464 e. The molecule has 13 heavy (non-hydrogen) atoms. The van der Waals surface area contributed by atoms with E-state index in [-0.39, 0.29) is 11.4 Å². The average molecular weight is 314 g/mol. The molecule has 0 saturated heterocycles. The maximum atomic E-state index is 11.4. The number of hydrogen-bond donors (Lipinski definition) is 1. The Labute approximate surface area is 93.9 Å². The molecule has 0 spiro atoms. The van der Waals surface area contributed by atoms with Crippen LogP contribution < -0.4 is 5.32 Å². The summed E-state index contributed by atoms with van der Waals surface area (Å²) < 4.78 is 3.61. The van der Waals surface area contributed by atoms with Crippen LogP contribution in [0.5, 0.6) is 0 Å². The third-order valence-electron chi connectivity index (χ3n) is 1.36. The Bertz CT molecular complexity index is 227. The molecule has 1 N–H and O–H groups in total. The third kappa shape index (κ3) is 3.16. The first-order valence-corrected chi connectivity index (χ1v) is 5.36. The van der Waals surface area contributed by atoms with Crippen LogP contribution in [0.15, 0.2) is 0 Å². The Morgan fingerprint density at radius 1 is 1.85 bits per heavy atom. The van der Waals surface area contributed by atoms with Gasteiger partial charge in [-0.1, -0.05) is 15.9 Å². The van der Waals surface area contributed by atoms with Gasteiger partial charge in [-0.3, -0.25) is 5.32 Å². The zero-order chi connectivity index (χ0) is 10.5. The number of alkyl halides is 2. The van der Waals surface area contributed by atoms with Crippen LogP contribution in [0.4, 0.5) is 0 Å². The van der Waals surface area contributed by atoms with Crippen LogP contribution >= 0.6 is 31.9 Å². The van der Waals surface area contributed by atoms with Gasteiger partial charge in [0.2, 0.25) is 4.45 Å². The Morgan fingerprint density at radius 2 is 2.38 bits per heavy atom. The molecular weight excluding hydrogens is 304 g/mol. The molecule has 0 unspecified atom stereocenters. The molecule has 2 atom stereocenters. The molecule has 0 aromatic rings. The molecule has 0 rings (SSSR count). The zero-order valence-corrected chi connectivity index (χ0v) is 10.5. The minimum absolute atomic E-state index is 0.265. The van der Waals surface area contributed by atoms with E-state index in [0.29, 0.717) is 0 Å². The van der Waals surface area contributed by atoms with Crippen LogP contribution in [0.2, 0.25) is 0 Å². The molecule has 0 amide bonds. The fourth-order valence-electron chi connectivity index (χ4n) is 0.630. The SMILES string of the molecule is CCOC(=O)[C@@](Br)(NC#N)[C@@H](C)Br. The van der Waals surface area contributed by atoms with E-state index >= 15 is 0 Å². The number of carbonyl (C=O) groups excluding carboxylic acids is 1. The number of nitrogens with zero attached hydrogens (tertiary/aromatic N) is 1. The average Bonchev–Trinajstić information content (AvgIpc) is 2.04. The Kier molecular flexibility index (Phi) is 5.33. The highest BCUT2D eigenvalue weighted by atomic mass is 79.9. The zero-order valence-electron chi connectivity index (χ0n) is 7.30. The lowest BCUT2D eigenvalue weighted by molar-refractivity contribution is -0.146. The van der Waals surface area contributed by atoms with Crippen LogP contribution in [-0.2, 0) is 9.53 Å². The molecule has 4 nitrogen and oxygen atoms in total. The predicted octanol–water partition coefficient (Wildman–Crippen LogP) is 1.49. The number of nitriles is 1. The summed E-state index contributed by atoms with van der Waals surface area (Å²) in [5.41, 5.74) is 0. The molecule has 0 heterocycles. The van der Waals surface area contributed by atoms with Crippen molar-refractivity contribution in [2.24, 2.45) is 0 Å². The van der Waals surface area contributed by atoms with Crippen molar-refractivity contribution in [3.63, 3.8) is 0 Å². The first kappa shape index (κ1) is 12.7. The maximum absolute atomic E-state index is 11.4. The van der Waals surface area contributed by atoms with Gasteiger partial charge < -0.3 is 4.74 Å². The highest BCUT2D eigenvalue weighted by Gasteiger charge is 2.41. The summed E-state index contributed by atoms with van der Waals surface area (Å²) >= 11 is 6.33. The quantitative estimate of drug-likeness (QED) is 0.281. The summed E-state index contributed by atoms with van der Waals surface area (Å²) in [5, 5.41) is 10.8. The van der Waals surface area contributed by atoms with Crippen molar-refractivity contribution in [1.29, 1.82) is 5.26 Å². The van der Waals surface area contributed by atoms with E-state index in [1.807, 2.05) is 0 Å². The van der Waals surface area contributed by atoms with Crippen LogP contribution in [0, 0.1) is 11.5 Å². The Hall–Kier alpha value is -0.280. The van der Waals surface area contributed by atoms with Gasteiger partial charge in [0.15, 0.2) is 6.19 Å². The molecule has 0 aliphatic rings. The minimum atomic E-state index is -1.18. The number of halogens is 2. The van der Waals surface area contributed by atoms with Crippen molar-refractivity contribution in [2.45, 2.75) is 23.1 Å². The van der Waals surface area contributed by atoms with E-state index in [9.17, 15) is 4.79 Å². The standard InChI is InChI=1S/C7H10Br2N2O2/c1-3-13-6(12)7(9,5(2)8)11-4-10/h5,11H,3H2,1-2H3/t5-,7+/m1/s1. The summed E-state index contributed by atoms with van der Waals surface area (Å²) in [6.07, 6.45) is 1.70. The van der Waals surface area contributed by atoms with Crippen molar-refractivity contribution < 1.29 is 9.53 Å². The van der Waals surface area contributed by atoms with E-state index in [2.05, 4.69) is 37.2 Å². The van der Waals surface area contributed by atoms with Crippen LogP contribution in [-0.4, -0.2) is 21.9 Å². The molecule has 0 aromatic carbocycles. The highest BCUT2D eigenvalue weighted by molar-refractivity contribution is 9.12. The number of rotatable bonds is 4. The van der Waals surface area contributed by atoms with Gasteiger partial charge in [-0.15, -0.1) is 0 Å². The molecule has 0 aromatic heterocycles. The van der Waals surface area contributed by atoms with Crippen LogP contribution in [0.25, 0.3) is 0 Å². The third-order valence-corrected chi connectivity index (χ3v) is 3.87. The van der Waals surface area contributed by atoms with Crippen LogP contribution in [0.1, 0.15) is 13.8 Å². The number of nitrogens with one attached hydrogen (secondary N) is 1. The lowest BCUT2D eigenvalue weighted by atomic mass is 10.2. The molecule has 0 bridgehead atoms. The van der Waals surface area contributed by atoms with Gasteiger partial charge in [0.1, 0.15) is 0 Å². The molecule has 0 aliphatic carbocycles. The van der Waals surface area contributed by atoms with E-state index in [1.54, 1.807) is 20.0 Å². The Balaban J connectivity index is 4.59. The van der Waals surface area contributed by atoms with Gasteiger partial charge in [0.05, 0.1) is 11.4 Å². The predicted molar refractivity (Wildman–Crippen MR) is 55.4 cm³/mol. The smallest absolute Gasteiger partial charge is 0.344 e. The summed E-state index contributed by atoms with van der Waals surface area (Å²) in [6.45, 7) is 3.71. The first-order valence-electron chi connectivity index (χ1n) is 3.65. The molecule has 0 radical (unpaired) electrons. The highest BCUT2D eigenvalue weighted by Crippen LogP contribution is 2.26. The van der Waals surface area contributed by atoms with Gasteiger partial charge in [0.25, 0.3) is 0 Å². The molecule has 0 aliphatic heterocycles. The van der Waals surface area contributed by atoms with Crippen molar-refractivity contribution in [1.82, 2.24) is 5.32 Å². The second-order valence-corrected chi connectivity index (χ2v) is 4.91. The molecule has 6 heteroatoms. The van der Waals surface area contributed by atoms with Crippen molar-refractivity contribution in [2.75, 3.05) is 6.61 Å². The largest absolute Gasteiger partial charge is 0.464 e. The van der Waals surface area contributed by atoms with Crippen LogP contribution in [0.3, 0.4) is 0 Å². The van der Waals surface area contributed by atoms with Gasteiger partial charge in [-0.2, -0.15) is 5.26 Å². The summed E-state index contributed by atoms with van der Waals surface area (Å²) in [5.74, 6) is -0.513. The fraction of sp³-hybridized carbons (Fsp3) is 0.714. The number of carbonyl (C=O) groups is 1.